The highest BCUT2D eigenvalue weighted by Crippen LogP contribution is 2.30. The summed E-state index contributed by atoms with van der Waals surface area (Å²) in [6.45, 7) is 4.33. The van der Waals surface area contributed by atoms with E-state index in [1.165, 1.54) is 6.92 Å². The lowest BCUT2D eigenvalue weighted by molar-refractivity contribution is -0.0195. The minimum absolute atomic E-state index is 0.0704. The number of imidazole rings is 1. The second-order valence-electron chi connectivity index (χ2n) is 9.62. The zero-order valence-electron chi connectivity index (χ0n) is 22.4. The van der Waals surface area contributed by atoms with Gasteiger partial charge in [0, 0.05) is 37.1 Å². The number of ketones is 1. The van der Waals surface area contributed by atoms with Gasteiger partial charge in [-0.15, -0.1) is 10.2 Å². The Bertz CT molecular complexity index is 1850. The average Bonchev–Trinajstić information content (AvgIpc) is 3.55. The molecule has 5 heterocycles. The van der Waals surface area contributed by atoms with Crippen LogP contribution in [0.25, 0.3) is 28.1 Å². The number of rotatable bonds is 7. The first-order chi connectivity index (χ1) is 19.9. The third kappa shape index (κ3) is 4.66. The number of nitrogens with zero attached hydrogens (tertiary/aromatic N) is 8. The number of methoxy groups -OCH3 is 1. The van der Waals surface area contributed by atoms with Crippen molar-refractivity contribution in [2.24, 2.45) is 0 Å². The summed E-state index contributed by atoms with van der Waals surface area (Å²) in [5.41, 5.74) is 4.55. The number of aromatic amines is 1. The lowest BCUT2D eigenvalue weighted by Crippen LogP contribution is -2.54. The fourth-order valence-electron chi connectivity index (χ4n) is 4.71. The quantitative estimate of drug-likeness (QED) is 0.288. The number of hydrogen-bond donors (Lipinski definition) is 2. The van der Waals surface area contributed by atoms with Crippen LogP contribution < -0.4 is 5.32 Å². The number of aromatic nitrogens is 7. The molecule has 0 unspecified atom stereocenters. The maximum Gasteiger partial charge on any atom is 0.274 e. The van der Waals surface area contributed by atoms with E-state index in [1.807, 2.05) is 18.2 Å². The van der Waals surface area contributed by atoms with Gasteiger partial charge in [0.05, 0.1) is 28.4 Å². The molecule has 13 heteroatoms. The predicted molar refractivity (Wildman–Crippen MR) is 148 cm³/mol. The summed E-state index contributed by atoms with van der Waals surface area (Å²) < 4.78 is 7.02. The van der Waals surface area contributed by atoms with Gasteiger partial charge in [0.15, 0.2) is 23.0 Å². The minimum atomic E-state index is -0.177. The molecule has 2 N–H and O–H groups in total. The van der Waals surface area contributed by atoms with Crippen LogP contribution in [0.2, 0.25) is 0 Å². The lowest BCUT2D eigenvalue weighted by Gasteiger charge is -2.37. The van der Waals surface area contributed by atoms with Gasteiger partial charge in [-0.1, -0.05) is 0 Å². The number of amides is 1. The Morgan fingerprint density at radius 3 is 2.68 bits per heavy atom. The molecular weight excluding hydrogens is 524 g/mol. The summed E-state index contributed by atoms with van der Waals surface area (Å²) in [7, 11) is 1.63. The van der Waals surface area contributed by atoms with Gasteiger partial charge in [0.1, 0.15) is 18.2 Å². The van der Waals surface area contributed by atoms with Crippen molar-refractivity contribution in [1.82, 2.24) is 39.8 Å². The van der Waals surface area contributed by atoms with Crippen molar-refractivity contribution < 1.29 is 14.3 Å². The molecular formula is C28H24N10O3. The van der Waals surface area contributed by atoms with Crippen molar-refractivity contribution in [2.75, 3.05) is 25.5 Å². The van der Waals surface area contributed by atoms with Gasteiger partial charge in [-0.05, 0) is 56.3 Å². The molecule has 0 spiro atoms. The fourth-order valence-corrected chi connectivity index (χ4v) is 4.71. The zero-order chi connectivity index (χ0) is 28.7. The van der Waals surface area contributed by atoms with E-state index in [0.29, 0.717) is 52.8 Å². The van der Waals surface area contributed by atoms with E-state index < -0.39 is 0 Å². The van der Waals surface area contributed by atoms with Crippen molar-refractivity contribution in [1.29, 1.82) is 5.26 Å². The number of likely N-dealkylation sites (tertiary alicyclic amines) is 1. The largest absolute Gasteiger partial charge is 0.378 e. The summed E-state index contributed by atoms with van der Waals surface area (Å²) in [5, 5.41) is 27.8. The molecule has 0 bridgehead atoms. The smallest absolute Gasteiger partial charge is 0.274 e. The van der Waals surface area contributed by atoms with Gasteiger partial charge < -0.3 is 15.0 Å². The van der Waals surface area contributed by atoms with E-state index in [-0.39, 0.29) is 29.2 Å². The van der Waals surface area contributed by atoms with Crippen LogP contribution in [0.3, 0.4) is 0 Å². The molecule has 1 aromatic carbocycles. The molecule has 0 aliphatic carbocycles. The van der Waals surface area contributed by atoms with Crippen LogP contribution in [0.15, 0.2) is 48.8 Å². The maximum atomic E-state index is 12.5. The Kier molecular flexibility index (Phi) is 6.44. The molecule has 1 fully saturated rings. The van der Waals surface area contributed by atoms with Gasteiger partial charge in [-0.25, -0.2) is 9.97 Å². The standard InChI is InChI=1S/C28H24N10O3/c1-15-26(22(11-29)35-33-15)27-19(16(2)39)5-9-25(32-27)38-14-30-21-10-17(4-7-23(21)38)31-24-8-6-20(34-36-24)28(40)37-12-18(13-37)41-3/h4-10,14,18H,12-13H2,1-3H3,(H,31,36)(H,33,35). The topological polar surface area (TPSA) is 168 Å². The summed E-state index contributed by atoms with van der Waals surface area (Å²) in [6, 6.07) is 14.4. The number of pyridine rings is 1. The molecule has 204 valence electrons. The Labute approximate surface area is 233 Å². The van der Waals surface area contributed by atoms with Crippen LogP contribution in [0, 0.1) is 18.3 Å². The van der Waals surface area contributed by atoms with E-state index in [9.17, 15) is 14.9 Å². The van der Waals surface area contributed by atoms with Crippen LogP contribution in [0.1, 0.15) is 39.2 Å². The number of aryl methyl sites for hydroxylation is 1. The molecule has 1 amide bonds. The number of nitriles is 1. The molecule has 6 rings (SSSR count). The lowest BCUT2D eigenvalue weighted by atomic mass is 10.0. The monoisotopic (exact) mass is 548 g/mol. The molecule has 1 aliphatic rings. The minimum Gasteiger partial charge on any atom is -0.378 e. The maximum absolute atomic E-state index is 12.5. The Hall–Kier alpha value is -5.48. The van der Waals surface area contributed by atoms with Crippen molar-refractivity contribution in [3.8, 4) is 23.1 Å². The molecule has 4 aromatic heterocycles. The van der Waals surface area contributed by atoms with E-state index >= 15 is 0 Å². The summed E-state index contributed by atoms with van der Waals surface area (Å²) in [5.74, 6) is 0.663. The second kappa shape index (κ2) is 10.2. The van der Waals surface area contributed by atoms with Crippen LogP contribution >= 0.6 is 0 Å². The van der Waals surface area contributed by atoms with Crippen molar-refractivity contribution >= 4 is 34.2 Å². The molecule has 13 nitrogen and oxygen atoms in total. The molecule has 0 radical (unpaired) electrons. The number of ether oxygens (including phenoxy) is 1. The highest BCUT2D eigenvalue weighted by molar-refractivity contribution is 6.00. The average molecular weight is 549 g/mol. The highest BCUT2D eigenvalue weighted by Gasteiger charge is 2.31. The third-order valence-electron chi connectivity index (χ3n) is 6.97. The Morgan fingerprint density at radius 1 is 1.15 bits per heavy atom. The summed E-state index contributed by atoms with van der Waals surface area (Å²) in [6.07, 6.45) is 1.71. The number of nitrogens with one attached hydrogen (secondary N) is 2. The summed E-state index contributed by atoms with van der Waals surface area (Å²) >= 11 is 0. The second-order valence-corrected chi connectivity index (χ2v) is 9.62. The molecule has 1 saturated heterocycles. The van der Waals surface area contributed by atoms with E-state index in [0.717, 1.165) is 11.2 Å². The van der Waals surface area contributed by atoms with Gasteiger partial charge in [0.2, 0.25) is 0 Å². The van der Waals surface area contributed by atoms with Crippen molar-refractivity contribution in [3.63, 3.8) is 0 Å². The molecule has 1 aliphatic heterocycles. The number of carbonyl (C=O) groups excluding carboxylic acids is 2. The predicted octanol–water partition coefficient (Wildman–Crippen LogP) is 3.20. The zero-order valence-corrected chi connectivity index (χ0v) is 22.4. The Balaban J connectivity index is 1.26. The van der Waals surface area contributed by atoms with Crippen LogP contribution in [0.5, 0.6) is 0 Å². The first-order valence-electron chi connectivity index (χ1n) is 12.7. The highest BCUT2D eigenvalue weighted by atomic mass is 16.5. The number of benzene rings is 1. The van der Waals surface area contributed by atoms with E-state index in [2.05, 4.69) is 36.8 Å². The third-order valence-corrected chi connectivity index (χ3v) is 6.97. The fraction of sp³-hybridized carbons (Fsp3) is 0.214. The molecule has 41 heavy (non-hydrogen) atoms. The van der Waals surface area contributed by atoms with E-state index in [1.54, 1.807) is 54.1 Å². The van der Waals surface area contributed by atoms with Crippen molar-refractivity contribution in [2.45, 2.75) is 20.0 Å². The Morgan fingerprint density at radius 2 is 1.98 bits per heavy atom. The normalized spacial score (nSPS) is 13.2. The van der Waals surface area contributed by atoms with Gasteiger partial charge in [-0.2, -0.15) is 10.4 Å². The van der Waals surface area contributed by atoms with Crippen molar-refractivity contribution in [3.05, 3.63) is 71.4 Å². The summed E-state index contributed by atoms with van der Waals surface area (Å²) in [4.78, 5) is 35.8. The molecule has 0 saturated carbocycles. The number of anilines is 2. The van der Waals surface area contributed by atoms with Crippen LogP contribution in [-0.2, 0) is 4.74 Å². The number of carbonyl (C=O) groups is 2. The first-order valence-corrected chi connectivity index (χ1v) is 12.7. The van der Waals surface area contributed by atoms with Crippen LogP contribution in [-0.4, -0.2) is 77.8 Å². The molecule has 0 atom stereocenters. The number of fused-ring (bicyclic) bond motifs is 1. The number of Topliss-reactive ketones (excluding diaryl/α,β-unsaturated/α-hetero) is 1. The number of H-pyrrole nitrogens is 1. The van der Waals surface area contributed by atoms with E-state index in [4.69, 9.17) is 9.72 Å². The van der Waals surface area contributed by atoms with Crippen LogP contribution in [0.4, 0.5) is 11.5 Å². The van der Waals surface area contributed by atoms with Gasteiger partial charge in [0.25, 0.3) is 5.91 Å². The SMILES string of the molecule is COC1CN(C(=O)c2ccc(Nc3ccc4c(c3)ncn4-c3ccc(C(C)=O)c(-c4c(C#N)n[nH]c4C)n3)nn2)C1. The molecule has 5 aromatic rings. The van der Waals surface area contributed by atoms with Gasteiger partial charge in [-0.3, -0.25) is 19.3 Å². The number of hydrogen-bond acceptors (Lipinski definition) is 10. The van der Waals surface area contributed by atoms with Gasteiger partial charge >= 0.3 is 0 Å². The first kappa shape index (κ1) is 25.8.